The van der Waals surface area contributed by atoms with E-state index < -0.39 is 0 Å². The third kappa shape index (κ3) is 3.69. The highest BCUT2D eigenvalue weighted by atomic mass is 16.5. The molecular weight excluding hydrogens is 224 g/mol. The minimum atomic E-state index is 0.252. The maximum Gasteiger partial charge on any atom is 0.0588 e. The van der Waals surface area contributed by atoms with Gasteiger partial charge in [0.05, 0.1) is 6.10 Å². The molecule has 2 atom stereocenters. The first-order valence-corrected chi connectivity index (χ1v) is 7.58. The molecule has 0 radical (unpaired) electrons. The van der Waals surface area contributed by atoms with Crippen LogP contribution in [0.25, 0.3) is 0 Å². The van der Waals surface area contributed by atoms with E-state index in [0.29, 0.717) is 12.1 Å². The van der Waals surface area contributed by atoms with Crippen molar-refractivity contribution in [2.75, 3.05) is 26.2 Å². The van der Waals surface area contributed by atoms with Gasteiger partial charge in [-0.25, -0.2) is 0 Å². The van der Waals surface area contributed by atoms with Gasteiger partial charge in [0.15, 0.2) is 0 Å². The van der Waals surface area contributed by atoms with Gasteiger partial charge in [-0.3, -0.25) is 4.90 Å². The van der Waals surface area contributed by atoms with Crippen LogP contribution in [0.15, 0.2) is 0 Å². The van der Waals surface area contributed by atoms with Crippen LogP contribution in [0.1, 0.15) is 47.0 Å². The Bertz CT molecular complexity index is 259. The summed E-state index contributed by atoms with van der Waals surface area (Å²) in [6, 6.07) is 0.680. The molecule has 106 valence electrons. The number of nitrogens with zero attached hydrogens (tertiary/aromatic N) is 1. The van der Waals surface area contributed by atoms with E-state index in [-0.39, 0.29) is 5.54 Å². The van der Waals surface area contributed by atoms with Gasteiger partial charge in [-0.05, 0) is 39.0 Å². The molecule has 0 aromatic carbocycles. The molecule has 2 fully saturated rings. The highest BCUT2D eigenvalue weighted by molar-refractivity contribution is 4.93. The van der Waals surface area contributed by atoms with E-state index in [4.69, 9.17) is 4.74 Å². The van der Waals surface area contributed by atoms with E-state index in [9.17, 15) is 0 Å². The molecule has 2 aliphatic heterocycles. The molecule has 0 spiro atoms. The smallest absolute Gasteiger partial charge is 0.0588 e. The topological polar surface area (TPSA) is 24.5 Å². The maximum atomic E-state index is 5.75. The van der Waals surface area contributed by atoms with Crippen LogP contribution in [-0.4, -0.2) is 48.8 Å². The van der Waals surface area contributed by atoms with Gasteiger partial charge in [0.25, 0.3) is 0 Å². The van der Waals surface area contributed by atoms with Crippen molar-refractivity contribution in [3.05, 3.63) is 0 Å². The molecule has 3 nitrogen and oxygen atoms in total. The van der Waals surface area contributed by atoms with Crippen molar-refractivity contribution in [2.24, 2.45) is 5.92 Å². The molecule has 2 saturated heterocycles. The normalized spacial score (nSPS) is 33.2. The predicted octanol–water partition coefficient (Wildman–Crippen LogP) is 2.26. The summed E-state index contributed by atoms with van der Waals surface area (Å²) >= 11 is 0. The number of ether oxygens (including phenoxy) is 1. The van der Waals surface area contributed by atoms with E-state index >= 15 is 0 Å². The molecule has 1 N–H and O–H groups in total. The Labute approximate surface area is 112 Å². The van der Waals surface area contributed by atoms with Crippen LogP contribution in [0.4, 0.5) is 0 Å². The van der Waals surface area contributed by atoms with Crippen molar-refractivity contribution in [1.29, 1.82) is 0 Å². The second-order valence-corrected chi connectivity index (χ2v) is 6.97. The quantitative estimate of drug-likeness (QED) is 0.833. The van der Waals surface area contributed by atoms with Gasteiger partial charge in [-0.1, -0.05) is 13.8 Å². The molecule has 18 heavy (non-hydrogen) atoms. The van der Waals surface area contributed by atoms with Gasteiger partial charge in [-0.2, -0.15) is 0 Å². The Kier molecular flexibility index (Phi) is 4.68. The molecule has 0 saturated carbocycles. The summed E-state index contributed by atoms with van der Waals surface area (Å²) in [6.07, 6.45) is 4.25. The third-order valence-electron chi connectivity index (χ3n) is 4.39. The SMILES string of the molecule is CC(C)C1CNC(C)(C)CN1CCC1CCCO1. The lowest BCUT2D eigenvalue weighted by Gasteiger charge is -2.46. The fourth-order valence-electron chi connectivity index (χ4n) is 3.27. The standard InChI is InChI=1S/C15H30N2O/c1-12(2)14-10-16-15(3,4)11-17(14)8-7-13-6-5-9-18-13/h12-14,16H,5-11H2,1-4H3. The third-order valence-corrected chi connectivity index (χ3v) is 4.39. The number of piperazine rings is 1. The van der Waals surface area contributed by atoms with Crippen LogP contribution in [0.2, 0.25) is 0 Å². The molecule has 3 heteroatoms. The molecule has 0 aliphatic carbocycles. The summed E-state index contributed by atoms with van der Waals surface area (Å²) in [4.78, 5) is 2.68. The molecular formula is C15H30N2O. The first kappa shape index (κ1) is 14.3. The summed E-state index contributed by atoms with van der Waals surface area (Å²) < 4.78 is 5.75. The monoisotopic (exact) mass is 254 g/mol. The van der Waals surface area contributed by atoms with Crippen molar-refractivity contribution >= 4 is 0 Å². The summed E-state index contributed by atoms with van der Waals surface area (Å²) in [6.45, 7) is 13.7. The number of rotatable bonds is 4. The van der Waals surface area contributed by atoms with E-state index in [1.54, 1.807) is 0 Å². The van der Waals surface area contributed by atoms with Gasteiger partial charge < -0.3 is 10.1 Å². The average Bonchev–Trinajstić information content (AvgIpc) is 2.77. The number of nitrogens with one attached hydrogen (secondary N) is 1. The van der Waals surface area contributed by atoms with E-state index in [2.05, 4.69) is 37.9 Å². The molecule has 0 amide bonds. The number of hydrogen-bond acceptors (Lipinski definition) is 3. The Morgan fingerprint density at radius 3 is 2.78 bits per heavy atom. The number of hydrogen-bond donors (Lipinski definition) is 1. The lowest BCUT2D eigenvalue weighted by atomic mass is 9.92. The minimum absolute atomic E-state index is 0.252. The van der Waals surface area contributed by atoms with Crippen LogP contribution in [0.3, 0.4) is 0 Å². The van der Waals surface area contributed by atoms with Gasteiger partial charge in [0.2, 0.25) is 0 Å². The predicted molar refractivity (Wildman–Crippen MR) is 75.9 cm³/mol. The molecule has 0 aromatic heterocycles. The first-order chi connectivity index (χ1) is 8.48. The second-order valence-electron chi connectivity index (χ2n) is 6.97. The van der Waals surface area contributed by atoms with Crippen LogP contribution in [-0.2, 0) is 4.74 Å². The molecule has 0 aromatic rings. The Hall–Kier alpha value is -0.120. The molecule has 2 unspecified atom stereocenters. The lowest BCUT2D eigenvalue weighted by Crippen LogP contribution is -2.63. The molecule has 2 heterocycles. The zero-order chi connectivity index (χ0) is 13.2. The van der Waals surface area contributed by atoms with Crippen LogP contribution < -0.4 is 5.32 Å². The van der Waals surface area contributed by atoms with Crippen molar-refractivity contribution in [1.82, 2.24) is 10.2 Å². The minimum Gasteiger partial charge on any atom is -0.378 e. The highest BCUT2D eigenvalue weighted by Gasteiger charge is 2.34. The van der Waals surface area contributed by atoms with Crippen molar-refractivity contribution < 1.29 is 4.74 Å². The van der Waals surface area contributed by atoms with Crippen LogP contribution in [0.5, 0.6) is 0 Å². The summed E-state index contributed by atoms with van der Waals surface area (Å²) in [5.41, 5.74) is 0.252. The largest absolute Gasteiger partial charge is 0.378 e. The van der Waals surface area contributed by atoms with Crippen molar-refractivity contribution in [3.8, 4) is 0 Å². The summed E-state index contributed by atoms with van der Waals surface area (Å²) in [7, 11) is 0. The van der Waals surface area contributed by atoms with E-state index in [1.807, 2.05) is 0 Å². The van der Waals surface area contributed by atoms with Crippen molar-refractivity contribution in [2.45, 2.75) is 64.6 Å². The van der Waals surface area contributed by atoms with Crippen LogP contribution in [0, 0.1) is 5.92 Å². The Morgan fingerprint density at radius 1 is 1.39 bits per heavy atom. The Morgan fingerprint density at radius 2 is 2.17 bits per heavy atom. The lowest BCUT2D eigenvalue weighted by molar-refractivity contribution is 0.0430. The van der Waals surface area contributed by atoms with Gasteiger partial charge in [0, 0.05) is 37.8 Å². The Balaban J connectivity index is 1.87. The first-order valence-electron chi connectivity index (χ1n) is 7.58. The van der Waals surface area contributed by atoms with Crippen LogP contribution >= 0.6 is 0 Å². The molecule has 2 rings (SSSR count). The fourth-order valence-corrected chi connectivity index (χ4v) is 3.27. The zero-order valence-corrected chi connectivity index (χ0v) is 12.5. The fraction of sp³-hybridized carbons (Fsp3) is 1.00. The molecule has 0 bridgehead atoms. The van der Waals surface area contributed by atoms with Gasteiger partial charge >= 0.3 is 0 Å². The van der Waals surface area contributed by atoms with E-state index in [0.717, 1.165) is 25.6 Å². The maximum absolute atomic E-state index is 5.75. The summed E-state index contributed by atoms with van der Waals surface area (Å²) in [5.74, 6) is 0.720. The second kappa shape index (κ2) is 5.89. The highest BCUT2D eigenvalue weighted by Crippen LogP contribution is 2.22. The average molecular weight is 254 g/mol. The van der Waals surface area contributed by atoms with E-state index in [1.165, 1.54) is 25.8 Å². The molecule has 2 aliphatic rings. The summed E-state index contributed by atoms with van der Waals surface area (Å²) in [5, 5.41) is 3.67. The van der Waals surface area contributed by atoms with Crippen molar-refractivity contribution in [3.63, 3.8) is 0 Å². The van der Waals surface area contributed by atoms with Gasteiger partial charge in [0.1, 0.15) is 0 Å². The zero-order valence-electron chi connectivity index (χ0n) is 12.5. The van der Waals surface area contributed by atoms with Gasteiger partial charge in [-0.15, -0.1) is 0 Å².